The van der Waals surface area contributed by atoms with Crippen molar-refractivity contribution in [1.29, 1.82) is 0 Å². The van der Waals surface area contributed by atoms with E-state index in [1.807, 2.05) is 66.2 Å². The molecule has 6 rings (SSSR count). The number of imide groups is 1. The van der Waals surface area contributed by atoms with Crippen molar-refractivity contribution in [2.24, 2.45) is 14.1 Å². The molecule has 0 aliphatic carbocycles. The smallest absolute Gasteiger partial charge is 0.255 e. The van der Waals surface area contributed by atoms with E-state index in [-0.39, 0.29) is 18.2 Å². The molecule has 0 spiro atoms. The molecule has 0 radical (unpaired) electrons. The number of rotatable bonds is 3. The van der Waals surface area contributed by atoms with Crippen molar-refractivity contribution in [3.8, 4) is 22.4 Å². The number of pyridine rings is 1. The molecule has 1 aromatic carbocycles. The third kappa shape index (κ3) is 3.04. The summed E-state index contributed by atoms with van der Waals surface area (Å²) in [4.78, 5) is 43.1. The Kier molecular flexibility index (Phi) is 4.41. The maximum atomic E-state index is 13.0. The van der Waals surface area contributed by atoms with Crippen LogP contribution in [0.4, 0.5) is 0 Å². The number of piperidine rings is 1. The Bertz CT molecular complexity index is 1510. The number of amides is 3. The average Bonchev–Trinajstić information content (AvgIpc) is 3.49. The lowest BCUT2D eigenvalue weighted by molar-refractivity contribution is -0.136. The molecule has 2 aliphatic heterocycles. The van der Waals surface area contributed by atoms with Gasteiger partial charge in [-0.1, -0.05) is 6.07 Å². The minimum atomic E-state index is -0.626. The molecule has 0 saturated carbocycles. The summed E-state index contributed by atoms with van der Waals surface area (Å²) in [6.07, 6.45) is 6.24. The van der Waals surface area contributed by atoms with Crippen molar-refractivity contribution in [3.63, 3.8) is 0 Å². The summed E-state index contributed by atoms with van der Waals surface area (Å²) in [5.74, 6) is -0.878. The Balaban J connectivity index is 1.36. The van der Waals surface area contributed by atoms with Gasteiger partial charge in [0, 0.05) is 61.5 Å². The van der Waals surface area contributed by atoms with Gasteiger partial charge >= 0.3 is 0 Å². The fourth-order valence-electron chi connectivity index (χ4n) is 5.02. The van der Waals surface area contributed by atoms with Gasteiger partial charge in [-0.25, -0.2) is 4.98 Å². The topological polar surface area (TPSA) is 102 Å². The summed E-state index contributed by atoms with van der Waals surface area (Å²) < 4.78 is 3.81. The lowest BCUT2D eigenvalue weighted by Crippen LogP contribution is -2.52. The van der Waals surface area contributed by atoms with Gasteiger partial charge in [-0.05, 0) is 41.8 Å². The Hall–Kier alpha value is -4.27. The number of benzene rings is 1. The number of carbonyl (C=O) groups is 3. The normalized spacial score (nSPS) is 18.0. The minimum absolute atomic E-state index is 0.179. The van der Waals surface area contributed by atoms with Crippen LogP contribution in [-0.2, 0) is 30.2 Å². The molecule has 9 nitrogen and oxygen atoms in total. The number of hydrogen-bond donors (Lipinski definition) is 1. The SMILES string of the molecule is Cn1ncc(-c2ccc3c(c2)CN([C@H]2CCC(=O)NC2=O)C3=O)c1-c1cnc2c(ccn2C)c1. The first kappa shape index (κ1) is 20.3. The number of nitrogens with zero attached hydrogens (tertiary/aromatic N) is 5. The molecular formula is C25H22N6O3. The summed E-state index contributed by atoms with van der Waals surface area (Å²) in [7, 11) is 3.87. The van der Waals surface area contributed by atoms with Crippen LogP contribution in [0.2, 0.25) is 0 Å². The first-order valence-corrected chi connectivity index (χ1v) is 11.1. The Morgan fingerprint density at radius 2 is 1.85 bits per heavy atom. The predicted octanol–water partition coefficient (Wildman–Crippen LogP) is 2.40. The molecule has 4 aromatic rings. The van der Waals surface area contributed by atoms with Crippen molar-refractivity contribution in [2.75, 3.05) is 0 Å². The second-order valence-corrected chi connectivity index (χ2v) is 8.87. The van der Waals surface area contributed by atoms with Crippen LogP contribution >= 0.6 is 0 Å². The zero-order valence-corrected chi connectivity index (χ0v) is 18.8. The lowest BCUT2D eigenvalue weighted by Gasteiger charge is -2.29. The Labute approximate surface area is 195 Å². The molecule has 1 atom stereocenters. The van der Waals surface area contributed by atoms with Crippen LogP contribution in [0.15, 0.2) is 48.9 Å². The fourth-order valence-corrected chi connectivity index (χ4v) is 5.02. The largest absolute Gasteiger partial charge is 0.336 e. The third-order valence-corrected chi connectivity index (χ3v) is 6.75. The lowest BCUT2D eigenvalue weighted by atomic mass is 9.98. The standard InChI is InChI=1S/C25H22N6O3/c1-29-8-7-15-10-16(11-26-23(15)29)22-19(12-27-30(22)2)14-3-4-18-17(9-14)13-31(25(18)34)20-5-6-21(32)28-24(20)33/h3-4,7-12,20H,5-6,13H2,1-2H3,(H,28,32,33)/t20-/m0/s1. The molecule has 34 heavy (non-hydrogen) atoms. The molecule has 2 aliphatic rings. The van der Waals surface area contributed by atoms with E-state index in [0.717, 1.165) is 39.0 Å². The van der Waals surface area contributed by atoms with Crippen LogP contribution < -0.4 is 5.32 Å². The zero-order valence-electron chi connectivity index (χ0n) is 18.8. The van der Waals surface area contributed by atoms with E-state index < -0.39 is 11.9 Å². The van der Waals surface area contributed by atoms with Crippen molar-refractivity contribution >= 4 is 28.8 Å². The molecule has 0 bridgehead atoms. The van der Waals surface area contributed by atoms with Gasteiger partial charge < -0.3 is 9.47 Å². The molecule has 0 unspecified atom stereocenters. The van der Waals surface area contributed by atoms with Gasteiger partial charge in [0.25, 0.3) is 5.91 Å². The van der Waals surface area contributed by atoms with Gasteiger partial charge in [-0.3, -0.25) is 24.4 Å². The van der Waals surface area contributed by atoms with Gasteiger partial charge in [0.1, 0.15) is 11.7 Å². The number of carbonyl (C=O) groups excluding carboxylic acids is 3. The van der Waals surface area contributed by atoms with Gasteiger partial charge in [-0.15, -0.1) is 0 Å². The van der Waals surface area contributed by atoms with Crippen LogP contribution in [0.1, 0.15) is 28.8 Å². The Morgan fingerprint density at radius 1 is 1.00 bits per heavy atom. The van der Waals surface area contributed by atoms with Gasteiger partial charge in [0.2, 0.25) is 11.8 Å². The average molecular weight is 454 g/mol. The van der Waals surface area contributed by atoms with E-state index >= 15 is 0 Å². The molecular weight excluding hydrogens is 432 g/mol. The van der Waals surface area contributed by atoms with E-state index in [1.165, 1.54) is 0 Å². The summed E-state index contributed by atoms with van der Waals surface area (Å²) in [5, 5.41) is 7.88. The first-order chi connectivity index (χ1) is 16.4. The number of fused-ring (bicyclic) bond motifs is 2. The highest BCUT2D eigenvalue weighted by Gasteiger charge is 2.39. The van der Waals surface area contributed by atoms with Crippen molar-refractivity contribution in [2.45, 2.75) is 25.4 Å². The van der Waals surface area contributed by atoms with Crippen molar-refractivity contribution < 1.29 is 14.4 Å². The van der Waals surface area contributed by atoms with E-state index in [9.17, 15) is 14.4 Å². The molecule has 1 fully saturated rings. The summed E-state index contributed by atoms with van der Waals surface area (Å²) in [6.45, 7) is 0.335. The second kappa shape index (κ2) is 7.38. The summed E-state index contributed by atoms with van der Waals surface area (Å²) in [5.41, 5.74) is 6.13. The highest BCUT2D eigenvalue weighted by Crippen LogP contribution is 2.36. The van der Waals surface area contributed by atoms with Crippen LogP contribution in [0.5, 0.6) is 0 Å². The van der Waals surface area contributed by atoms with Crippen LogP contribution in [-0.4, -0.2) is 48.0 Å². The van der Waals surface area contributed by atoms with E-state index in [4.69, 9.17) is 0 Å². The van der Waals surface area contributed by atoms with E-state index in [1.54, 1.807) is 4.90 Å². The quantitative estimate of drug-likeness (QED) is 0.479. The van der Waals surface area contributed by atoms with E-state index in [2.05, 4.69) is 21.5 Å². The molecule has 9 heteroatoms. The van der Waals surface area contributed by atoms with E-state index in [0.29, 0.717) is 18.5 Å². The van der Waals surface area contributed by atoms with Crippen molar-refractivity contribution in [3.05, 3.63) is 60.0 Å². The molecule has 1 N–H and O–H groups in total. The zero-order chi connectivity index (χ0) is 23.6. The molecule has 3 amide bonds. The molecule has 5 heterocycles. The maximum Gasteiger partial charge on any atom is 0.255 e. The van der Waals surface area contributed by atoms with Crippen LogP contribution in [0.3, 0.4) is 0 Å². The predicted molar refractivity (Wildman–Crippen MR) is 124 cm³/mol. The Morgan fingerprint density at radius 3 is 2.68 bits per heavy atom. The number of nitrogens with one attached hydrogen (secondary N) is 1. The monoisotopic (exact) mass is 454 g/mol. The number of hydrogen-bond acceptors (Lipinski definition) is 5. The summed E-state index contributed by atoms with van der Waals surface area (Å²) in [6, 6.07) is 9.23. The fraction of sp³-hybridized carbons (Fsp3) is 0.240. The number of aryl methyl sites for hydroxylation is 2. The van der Waals surface area contributed by atoms with Crippen LogP contribution in [0, 0.1) is 0 Å². The molecule has 170 valence electrons. The highest BCUT2D eigenvalue weighted by atomic mass is 16.2. The van der Waals surface area contributed by atoms with Gasteiger partial charge in [-0.2, -0.15) is 5.10 Å². The maximum absolute atomic E-state index is 13.0. The minimum Gasteiger partial charge on any atom is -0.336 e. The highest BCUT2D eigenvalue weighted by molar-refractivity contribution is 6.05. The summed E-state index contributed by atoms with van der Waals surface area (Å²) >= 11 is 0. The van der Waals surface area contributed by atoms with Gasteiger partial charge in [0.05, 0.1) is 11.9 Å². The van der Waals surface area contributed by atoms with Crippen molar-refractivity contribution in [1.82, 2.24) is 29.5 Å². The first-order valence-electron chi connectivity index (χ1n) is 11.1. The number of aromatic nitrogens is 4. The van der Waals surface area contributed by atoms with Gasteiger partial charge in [0.15, 0.2) is 0 Å². The van der Waals surface area contributed by atoms with Crippen LogP contribution in [0.25, 0.3) is 33.4 Å². The molecule has 1 saturated heterocycles. The molecule has 3 aromatic heterocycles. The second-order valence-electron chi connectivity index (χ2n) is 8.87. The third-order valence-electron chi connectivity index (χ3n) is 6.75.